The van der Waals surface area contributed by atoms with Gasteiger partial charge in [0.25, 0.3) is 5.91 Å². The quantitative estimate of drug-likeness (QED) is 0.840. The summed E-state index contributed by atoms with van der Waals surface area (Å²) < 4.78 is 23.8. The van der Waals surface area contributed by atoms with E-state index in [2.05, 4.69) is 11.9 Å². The molecule has 0 saturated heterocycles. The zero-order valence-corrected chi connectivity index (χ0v) is 10.2. The Kier molecular flexibility index (Phi) is 2.98. The topological polar surface area (TPSA) is 47.6 Å². The summed E-state index contributed by atoms with van der Waals surface area (Å²) in [6, 6.07) is 4.88. The molecule has 96 valence electrons. The molecule has 0 aliphatic carbocycles. The average Bonchev–Trinajstić information content (AvgIpc) is 2.65. The number of fused-ring (bicyclic) bond motifs is 1. The summed E-state index contributed by atoms with van der Waals surface area (Å²) in [5.41, 5.74) is 0.432. The van der Waals surface area contributed by atoms with Crippen LogP contribution in [-0.2, 0) is 4.79 Å². The molecule has 1 aromatic rings. The van der Waals surface area contributed by atoms with E-state index >= 15 is 0 Å². The van der Waals surface area contributed by atoms with Gasteiger partial charge < -0.3 is 14.8 Å². The second-order valence-corrected chi connectivity index (χ2v) is 4.21. The van der Waals surface area contributed by atoms with Gasteiger partial charge >= 0.3 is 0 Å². The highest BCUT2D eigenvalue weighted by Gasteiger charge is 2.34. The van der Waals surface area contributed by atoms with Crippen LogP contribution in [0.3, 0.4) is 0 Å². The molecule has 4 nitrogen and oxygen atoms in total. The summed E-state index contributed by atoms with van der Waals surface area (Å²) in [4.78, 5) is 11.1. The molecule has 1 aromatic carbocycles. The number of nitrogens with one attached hydrogen (secondary N) is 1. The van der Waals surface area contributed by atoms with E-state index in [9.17, 15) is 9.18 Å². The maximum Gasteiger partial charge on any atom is 0.283 e. The van der Waals surface area contributed by atoms with E-state index in [1.807, 2.05) is 13.8 Å². The first kappa shape index (κ1) is 12.4. The Hall–Kier alpha value is -2.04. The van der Waals surface area contributed by atoms with Crippen molar-refractivity contribution in [1.29, 1.82) is 0 Å². The van der Waals surface area contributed by atoms with Gasteiger partial charge in [-0.3, -0.25) is 4.79 Å². The van der Waals surface area contributed by atoms with E-state index in [0.29, 0.717) is 23.6 Å². The summed E-state index contributed by atoms with van der Waals surface area (Å²) in [6.07, 6.45) is 0.685. The van der Waals surface area contributed by atoms with Crippen molar-refractivity contribution in [3.8, 4) is 11.5 Å². The fraction of sp³-hybridized carbons (Fsp3) is 0.308. The molecule has 0 bridgehead atoms. The van der Waals surface area contributed by atoms with Gasteiger partial charge in [-0.2, -0.15) is 0 Å². The summed E-state index contributed by atoms with van der Waals surface area (Å²) in [5, 5.41) is 2.37. The largest absolute Gasteiger partial charge is 0.449 e. The van der Waals surface area contributed by atoms with Crippen molar-refractivity contribution in [1.82, 2.24) is 0 Å². The lowest BCUT2D eigenvalue weighted by Gasteiger charge is -2.20. The molecule has 1 amide bonds. The summed E-state index contributed by atoms with van der Waals surface area (Å²) in [5.74, 6) is -1.45. The van der Waals surface area contributed by atoms with Crippen LogP contribution in [-0.4, -0.2) is 11.7 Å². The second-order valence-electron chi connectivity index (χ2n) is 4.21. The molecule has 5 heteroatoms. The third kappa shape index (κ3) is 2.30. The molecule has 0 fully saturated rings. The number of amides is 1. The lowest BCUT2D eigenvalue weighted by molar-refractivity contribution is -0.114. The summed E-state index contributed by atoms with van der Waals surface area (Å²) >= 11 is 0. The minimum absolute atomic E-state index is 0.432. The highest BCUT2D eigenvalue weighted by atomic mass is 19.1. The Balaban J connectivity index is 2.18. The van der Waals surface area contributed by atoms with Crippen LogP contribution in [0.25, 0.3) is 0 Å². The van der Waals surface area contributed by atoms with Crippen molar-refractivity contribution in [3.63, 3.8) is 0 Å². The van der Waals surface area contributed by atoms with Crippen LogP contribution < -0.4 is 14.8 Å². The van der Waals surface area contributed by atoms with Crippen molar-refractivity contribution in [2.75, 3.05) is 5.32 Å². The van der Waals surface area contributed by atoms with Crippen LogP contribution in [0.15, 0.2) is 30.6 Å². The molecule has 1 N–H and O–H groups in total. The number of anilines is 1. The van der Waals surface area contributed by atoms with Crippen LogP contribution in [0.1, 0.15) is 20.3 Å². The number of halogens is 1. The first-order valence-electron chi connectivity index (χ1n) is 5.61. The minimum Gasteiger partial charge on any atom is -0.449 e. The molecule has 0 spiro atoms. The predicted octanol–water partition coefficient (Wildman–Crippen LogP) is 3.01. The van der Waals surface area contributed by atoms with Gasteiger partial charge in [-0.15, -0.1) is 0 Å². The molecule has 1 aliphatic heterocycles. The normalized spacial score (nSPS) is 20.6. The molecule has 0 aromatic heterocycles. The molecule has 0 radical (unpaired) electrons. The Morgan fingerprint density at radius 1 is 1.44 bits per heavy atom. The van der Waals surface area contributed by atoms with E-state index in [1.165, 1.54) is 0 Å². The summed E-state index contributed by atoms with van der Waals surface area (Å²) in [6.45, 7) is 6.70. The van der Waals surface area contributed by atoms with E-state index in [4.69, 9.17) is 9.47 Å². The Morgan fingerprint density at radius 3 is 2.72 bits per heavy atom. The van der Waals surface area contributed by atoms with Gasteiger partial charge in [0, 0.05) is 25.1 Å². The average molecular weight is 251 g/mol. The predicted molar refractivity (Wildman–Crippen MR) is 65.3 cm³/mol. The van der Waals surface area contributed by atoms with Gasteiger partial charge in [-0.25, -0.2) is 4.39 Å². The van der Waals surface area contributed by atoms with Crippen molar-refractivity contribution in [2.45, 2.75) is 26.1 Å². The second kappa shape index (κ2) is 4.33. The van der Waals surface area contributed by atoms with Crippen molar-refractivity contribution in [3.05, 3.63) is 30.6 Å². The number of hydrogen-bond donors (Lipinski definition) is 1. The Morgan fingerprint density at radius 2 is 2.11 bits per heavy atom. The highest BCUT2D eigenvalue weighted by Crippen LogP contribution is 2.42. The smallest absolute Gasteiger partial charge is 0.283 e. The molecule has 0 saturated carbocycles. The maximum absolute atomic E-state index is 12.6. The molecular formula is C13H14FNO3. The third-order valence-corrected chi connectivity index (χ3v) is 2.74. The van der Waals surface area contributed by atoms with Crippen LogP contribution in [0.4, 0.5) is 10.1 Å². The zero-order valence-electron chi connectivity index (χ0n) is 10.2. The number of carbonyl (C=O) groups is 1. The van der Waals surface area contributed by atoms with Crippen LogP contribution in [0, 0.1) is 0 Å². The van der Waals surface area contributed by atoms with Gasteiger partial charge in [0.1, 0.15) is 0 Å². The highest BCUT2D eigenvalue weighted by molar-refractivity contribution is 6.01. The van der Waals surface area contributed by atoms with Crippen LogP contribution in [0.5, 0.6) is 11.5 Å². The van der Waals surface area contributed by atoms with Gasteiger partial charge in [-0.05, 0) is 12.1 Å². The Labute approximate surface area is 104 Å². The monoisotopic (exact) mass is 251 g/mol. The zero-order chi connectivity index (χ0) is 13.3. The van der Waals surface area contributed by atoms with E-state index < -0.39 is 17.5 Å². The standard InChI is InChI=1S/C13H14FNO3/c1-4-13(3)17-10-6-5-9(7-11(10)18-13)15-12(16)8(2)14/h5-7H,2,4H2,1,3H3,(H,15,16). The number of hydrogen-bond acceptors (Lipinski definition) is 3. The van der Waals surface area contributed by atoms with Gasteiger partial charge in [0.05, 0.1) is 0 Å². The summed E-state index contributed by atoms with van der Waals surface area (Å²) in [7, 11) is 0. The fourth-order valence-electron chi connectivity index (χ4n) is 1.58. The lowest BCUT2D eigenvalue weighted by Crippen LogP contribution is -2.33. The molecular weight excluding hydrogens is 237 g/mol. The van der Waals surface area contributed by atoms with Crippen molar-refractivity contribution < 1.29 is 18.7 Å². The van der Waals surface area contributed by atoms with E-state index in [0.717, 1.165) is 0 Å². The number of carbonyl (C=O) groups excluding carboxylic acids is 1. The van der Waals surface area contributed by atoms with Crippen molar-refractivity contribution in [2.24, 2.45) is 0 Å². The van der Waals surface area contributed by atoms with Crippen LogP contribution in [0.2, 0.25) is 0 Å². The molecule has 1 unspecified atom stereocenters. The molecule has 1 aliphatic rings. The number of ether oxygens (including phenoxy) is 2. The Bertz CT molecular complexity index is 515. The maximum atomic E-state index is 12.6. The third-order valence-electron chi connectivity index (χ3n) is 2.74. The van der Waals surface area contributed by atoms with Crippen molar-refractivity contribution >= 4 is 11.6 Å². The SMILES string of the molecule is C=C(F)C(=O)Nc1ccc2c(c1)OC(C)(CC)O2. The lowest BCUT2D eigenvalue weighted by atomic mass is 10.2. The number of rotatable bonds is 3. The fourth-order valence-corrected chi connectivity index (χ4v) is 1.58. The molecule has 1 atom stereocenters. The molecule has 18 heavy (non-hydrogen) atoms. The van der Waals surface area contributed by atoms with Crippen LogP contribution >= 0.6 is 0 Å². The first-order valence-corrected chi connectivity index (χ1v) is 5.61. The van der Waals surface area contributed by atoms with Gasteiger partial charge in [0.2, 0.25) is 5.79 Å². The van der Waals surface area contributed by atoms with E-state index in [-0.39, 0.29) is 0 Å². The van der Waals surface area contributed by atoms with Gasteiger partial charge in [-0.1, -0.05) is 13.5 Å². The molecule has 1 heterocycles. The van der Waals surface area contributed by atoms with Gasteiger partial charge in [0.15, 0.2) is 17.3 Å². The van der Waals surface area contributed by atoms with E-state index in [1.54, 1.807) is 18.2 Å². The minimum atomic E-state index is -1.04. The first-order chi connectivity index (χ1) is 8.43. The number of benzene rings is 1. The molecule has 2 rings (SSSR count).